The van der Waals surface area contributed by atoms with E-state index in [0.29, 0.717) is 12.0 Å². The Bertz CT molecular complexity index is 982. The van der Waals surface area contributed by atoms with Gasteiger partial charge in [0.25, 0.3) is 0 Å². The summed E-state index contributed by atoms with van der Waals surface area (Å²) in [5.41, 5.74) is 6.55. The van der Waals surface area contributed by atoms with Crippen LogP contribution in [0.5, 0.6) is 11.5 Å². The second-order valence-corrected chi connectivity index (χ2v) is 10.6. The van der Waals surface area contributed by atoms with Gasteiger partial charge in [0, 0.05) is 6.42 Å². The smallest absolute Gasteiger partial charge is 0.461 e. The van der Waals surface area contributed by atoms with E-state index in [-0.39, 0.29) is 61.5 Å². The van der Waals surface area contributed by atoms with Gasteiger partial charge in [0.2, 0.25) is 0 Å². The number of ether oxygens (including phenoxy) is 6. The van der Waals surface area contributed by atoms with Crippen molar-refractivity contribution in [2.45, 2.75) is 92.7 Å². The topological polar surface area (TPSA) is 150 Å². The van der Waals surface area contributed by atoms with E-state index in [9.17, 15) is 19.2 Å². The fourth-order valence-corrected chi connectivity index (χ4v) is 3.12. The zero-order valence-corrected chi connectivity index (χ0v) is 25.4. The normalized spacial score (nSPS) is 14.5. The molecule has 0 aromatic heterocycles. The largest absolute Gasteiger partial charge is 0.513 e. The molecule has 1 aromatic carbocycles. The Kier molecular flexibility index (Phi) is 16.5. The molecular formula is C30H47NO10. The lowest BCUT2D eigenvalue weighted by molar-refractivity contribution is -0.159. The van der Waals surface area contributed by atoms with E-state index in [2.05, 4.69) is 0 Å². The maximum atomic E-state index is 12.5. The minimum Gasteiger partial charge on any atom is -0.461 e. The van der Waals surface area contributed by atoms with E-state index in [4.69, 9.17) is 34.2 Å². The highest BCUT2D eigenvalue weighted by molar-refractivity contribution is 5.76. The maximum absolute atomic E-state index is 12.5. The van der Waals surface area contributed by atoms with Crippen LogP contribution in [0.4, 0.5) is 9.59 Å². The number of carbonyl (C=O) groups excluding carboxylic acids is 4. The van der Waals surface area contributed by atoms with Crippen molar-refractivity contribution in [3.05, 3.63) is 23.8 Å². The van der Waals surface area contributed by atoms with Crippen molar-refractivity contribution < 1.29 is 47.6 Å². The third-order valence-electron chi connectivity index (χ3n) is 6.52. The lowest BCUT2D eigenvalue weighted by Crippen LogP contribution is -2.36. The maximum Gasteiger partial charge on any atom is 0.513 e. The van der Waals surface area contributed by atoms with Gasteiger partial charge < -0.3 is 34.2 Å². The number of carbonyl (C=O) groups is 4. The fourth-order valence-electron chi connectivity index (χ4n) is 3.12. The van der Waals surface area contributed by atoms with Crippen LogP contribution in [0.25, 0.3) is 0 Å². The molecule has 1 rings (SSSR count). The molecular weight excluding hydrogens is 534 g/mol. The number of nitrogens with two attached hydrogens (primary N) is 1. The second-order valence-electron chi connectivity index (χ2n) is 10.6. The van der Waals surface area contributed by atoms with E-state index in [0.717, 1.165) is 19.3 Å². The number of esters is 2. The molecule has 0 aliphatic rings. The standard InChI is InChI=1S/C30H47NO10/c1-8-19(4)13-27(32)39-22(7)18-36-28(33)24(31)14-23-11-12-25(40-29(34)37-16-20(5)9-2)26(15-23)41-30(35)38-17-21(6)10-3/h11-12,15,19-22,24H,8-10,13-14,16-18,31H2,1-7H3/t19?,20?,21?,22-,24-/m0/s1. The Morgan fingerprint density at radius 2 is 1.27 bits per heavy atom. The molecule has 0 aliphatic heterocycles. The molecule has 0 saturated carbocycles. The number of benzene rings is 1. The van der Waals surface area contributed by atoms with Gasteiger partial charge in [-0.3, -0.25) is 9.59 Å². The van der Waals surface area contributed by atoms with Gasteiger partial charge in [0.05, 0.1) is 13.2 Å². The van der Waals surface area contributed by atoms with E-state index in [1.807, 2.05) is 41.5 Å². The molecule has 0 aliphatic carbocycles. The van der Waals surface area contributed by atoms with Crippen molar-refractivity contribution in [1.82, 2.24) is 0 Å². The van der Waals surface area contributed by atoms with Crippen LogP contribution in [0, 0.1) is 17.8 Å². The summed E-state index contributed by atoms with van der Waals surface area (Å²) < 4.78 is 31.4. The molecule has 3 unspecified atom stereocenters. The molecule has 0 amide bonds. The molecule has 11 heteroatoms. The van der Waals surface area contributed by atoms with Gasteiger partial charge in [-0.25, -0.2) is 9.59 Å². The third kappa shape index (κ3) is 14.7. The van der Waals surface area contributed by atoms with Crippen LogP contribution in [-0.4, -0.2) is 56.2 Å². The molecule has 0 fully saturated rings. The highest BCUT2D eigenvalue weighted by Crippen LogP contribution is 2.30. The molecule has 0 heterocycles. The van der Waals surface area contributed by atoms with Crippen LogP contribution >= 0.6 is 0 Å². The highest BCUT2D eigenvalue weighted by atomic mass is 16.7. The van der Waals surface area contributed by atoms with Gasteiger partial charge >= 0.3 is 24.2 Å². The highest BCUT2D eigenvalue weighted by Gasteiger charge is 2.22. The molecule has 41 heavy (non-hydrogen) atoms. The number of hydrogen-bond donors (Lipinski definition) is 1. The average molecular weight is 582 g/mol. The van der Waals surface area contributed by atoms with Crippen LogP contribution in [0.2, 0.25) is 0 Å². The summed E-state index contributed by atoms with van der Waals surface area (Å²) in [6, 6.07) is 3.35. The Hall–Kier alpha value is -3.34. The zero-order chi connectivity index (χ0) is 30.9. The third-order valence-corrected chi connectivity index (χ3v) is 6.52. The quantitative estimate of drug-likeness (QED) is 0.139. The van der Waals surface area contributed by atoms with E-state index >= 15 is 0 Å². The van der Waals surface area contributed by atoms with Crippen LogP contribution < -0.4 is 15.2 Å². The van der Waals surface area contributed by atoms with Crippen LogP contribution in [0.3, 0.4) is 0 Å². The SMILES string of the molecule is CCC(C)COC(=O)Oc1ccc(C[C@H](N)C(=O)OC[C@H](C)OC(=O)CC(C)CC)cc1OC(=O)OCC(C)CC. The molecule has 0 saturated heterocycles. The van der Waals surface area contributed by atoms with Gasteiger partial charge in [-0.15, -0.1) is 0 Å². The molecule has 232 valence electrons. The van der Waals surface area contributed by atoms with Gasteiger partial charge in [-0.2, -0.15) is 0 Å². The minimum atomic E-state index is -1.06. The Labute approximate surface area is 243 Å². The summed E-state index contributed by atoms with van der Waals surface area (Å²) in [5, 5.41) is 0. The van der Waals surface area contributed by atoms with Gasteiger partial charge in [0.1, 0.15) is 18.8 Å². The molecule has 11 nitrogen and oxygen atoms in total. The molecule has 1 aromatic rings. The monoisotopic (exact) mass is 581 g/mol. The Morgan fingerprint density at radius 3 is 1.80 bits per heavy atom. The lowest BCUT2D eigenvalue weighted by Gasteiger charge is -2.17. The Balaban J connectivity index is 2.86. The average Bonchev–Trinajstić information content (AvgIpc) is 2.94. The van der Waals surface area contributed by atoms with Crippen molar-refractivity contribution in [1.29, 1.82) is 0 Å². The van der Waals surface area contributed by atoms with E-state index < -0.39 is 30.4 Å². The van der Waals surface area contributed by atoms with Crippen LogP contribution in [-0.2, 0) is 35.0 Å². The first-order valence-corrected chi connectivity index (χ1v) is 14.3. The lowest BCUT2D eigenvalue weighted by atomic mass is 10.1. The second kappa shape index (κ2) is 18.9. The molecule has 5 atom stereocenters. The van der Waals surface area contributed by atoms with Crippen molar-refractivity contribution in [3.8, 4) is 11.5 Å². The van der Waals surface area contributed by atoms with Crippen molar-refractivity contribution in [2.75, 3.05) is 19.8 Å². The van der Waals surface area contributed by atoms with Crippen molar-refractivity contribution in [2.24, 2.45) is 23.5 Å². The Morgan fingerprint density at radius 1 is 0.732 bits per heavy atom. The van der Waals surface area contributed by atoms with E-state index in [1.165, 1.54) is 12.1 Å². The van der Waals surface area contributed by atoms with E-state index in [1.54, 1.807) is 13.0 Å². The summed E-state index contributed by atoms with van der Waals surface area (Å²) in [6.45, 7) is 13.6. The number of rotatable bonds is 17. The van der Waals surface area contributed by atoms with Crippen LogP contribution in [0.15, 0.2) is 18.2 Å². The summed E-state index contributed by atoms with van der Waals surface area (Å²) in [6.07, 6.45) is 0.262. The number of hydrogen-bond acceptors (Lipinski definition) is 11. The van der Waals surface area contributed by atoms with Gasteiger partial charge in [-0.05, 0) is 48.8 Å². The molecule has 2 N–H and O–H groups in total. The first-order valence-electron chi connectivity index (χ1n) is 14.3. The van der Waals surface area contributed by atoms with Crippen molar-refractivity contribution in [3.63, 3.8) is 0 Å². The minimum absolute atomic E-state index is 0.0258. The summed E-state index contributed by atoms with van der Waals surface area (Å²) >= 11 is 0. The van der Waals surface area contributed by atoms with Crippen LogP contribution in [0.1, 0.15) is 79.7 Å². The van der Waals surface area contributed by atoms with Gasteiger partial charge in [-0.1, -0.05) is 66.9 Å². The molecule has 0 radical (unpaired) electrons. The van der Waals surface area contributed by atoms with Gasteiger partial charge in [0.15, 0.2) is 11.5 Å². The molecule has 0 bridgehead atoms. The summed E-state index contributed by atoms with van der Waals surface area (Å²) in [7, 11) is 0. The summed E-state index contributed by atoms with van der Waals surface area (Å²) in [5.74, 6) is -0.721. The molecule has 0 spiro atoms. The summed E-state index contributed by atoms with van der Waals surface area (Å²) in [4.78, 5) is 49.0. The predicted octanol–water partition coefficient (Wildman–Crippen LogP) is 5.59. The first-order chi connectivity index (χ1) is 19.4. The zero-order valence-electron chi connectivity index (χ0n) is 25.4. The predicted molar refractivity (Wildman–Crippen MR) is 152 cm³/mol. The van der Waals surface area contributed by atoms with Crippen molar-refractivity contribution >= 4 is 24.2 Å². The first kappa shape index (κ1) is 35.7. The fraction of sp³-hybridized carbons (Fsp3) is 0.667.